The molecule has 20 nitrogen and oxygen atoms in total. The summed E-state index contributed by atoms with van der Waals surface area (Å²) in [6.45, 7) is 17.7. The van der Waals surface area contributed by atoms with Crippen LogP contribution in [0.15, 0.2) is 47.6 Å². The third-order valence-corrected chi connectivity index (χ3v) is 13.5. The number of amides is 8. The van der Waals surface area contributed by atoms with Crippen molar-refractivity contribution in [2.45, 2.75) is 156 Å². The predicted octanol–water partition coefficient (Wildman–Crippen LogP) is 2.63. The van der Waals surface area contributed by atoms with Crippen molar-refractivity contribution in [2.75, 3.05) is 27.2 Å². The molecule has 1 saturated heterocycles. The quantitative estimate of drug-likeness (QED) is 0.0774. The average Bonchev–Trinajstić information content (AvgIpc) is 3.76. The Kier molecular flexibility index (Phi) is 20.8. The Morgan fingerprint density at radius 1 is 0.732 bits per heavy atom. The first kappa shape index (κ1) is 57.3. The van der Waals surface area contributed by atoms with Crippen LogP contribution in [0.4, 0.5) is 5.69 Å². The highest BCUT2D eigenvalue weighted by molar-refractivity contribution is 6.01. The van der Waals surface area contributed by atoms with Crippen LogP contribution in [0.1, 0.15) is 133 Å². The van der Waals surface area contributed by atoms with Gasteiger partial charge in [0.25, 0.3) is 11.8 Å². The Labute approximate surface area is 417 Å². The van der Waals surface area contributed by atoms with E-state index in [-0.39, 0.29) is 66.7 Å². The van der Waals surface area contributed by atoms with Crippen LogP contribution < -0.4 is 47.9 Å². The molecule has 0 spiro atoms. The molecule has 71 heavy (non-hydrogen) atoms. The molecule has 2 aromatic carbocycles. The topological polar surface area (TPSA) is 278 Å². The van der Waals surface area contributed by atoms with Gasteiger partial charge in [-0.2, -0.15) is 0 Å². The molecular weight excluding hydrogens is 911 g/mol. The van der Waals surface area contributed by atoms with Crippen LogP contribution in [0.25, 0.3) is 0 Å². The van der Waals surface area contributed by atoms with Crippen molar-refractivity contribution in [2.24, 2.45) is 22.4 Å². The van der Waals surface area contributed by atoms with Crippen molar-refractivity contribution in [3.63, 3.8) is 0 Å². The second-order valence-electron chi connectivity index (χ2n) is 20.6. The number of nitroso groups, excluding NO2 is 1. The summed E-state index contributed by atoms with van der Waals surface area (Å²) in [7, 11) is 3.24. The molecule has 2 aliphatic rings. The number of hydrogen-bond donors (Lipinski definition) is 9. The van der Waals surface area contributed by atoms with Crippen LogP contribution in [-0.4, -0.2) is 128 Å². The maximum absolute atomic E-state index is 14.6. The van der Waals surface area contributed by atoms with Crippen LogP contribution in [0.3, 0.4) is 0 Å². The van der Waals surface area contributed by atoms with Crippen molar-refractivity contribution in [1.29, 1.82) is 0 Å². The normalized spacial score (nSPS) is 19.2. The number of fused-ring (bicyclic) bond motifs is 1. The fourth-order valence-electron chi connectivity index (χ4n) is 8.41. The van der Waals surface area contributed by atoms with Gasteiger partial charge < -0.3 is 52.8 Å². The van der Waals surface area contributed by atoms with Crippen molar-refractivity contribution < 1.29 is 38.4 Å². The van der Waals surface area contributed by atoms with Crippen molar-refractivity contribution in [3.05, 3.63) is 69.6 Å². The first-order chi connectivity index (χ1) is 33.4. The summed E-state index contributed by atoms with van der Waals surface area (Å²) in [4.78, 5) is 123. The largest absolute Gasteiger partial charge is 0.352 e. The molecule has 2 aromatic rings. The number of benzene rings is 2. The molecule has 0 bridgehead atoms. The van der Waals surface area contributed by atoms with E-state index in [1.165, 1.54) is 23.1 Å². The van der Waals surface area contributed by atoms with Crippen molar-refractivity contribution in [1.82, 2.24) is 52.8 Å². The van der Waals surface area contributed by atoms with E-state index in [2.05, 4.69) is 53.0 Å². The van der Waals surface area contributed by atoms with E-state index < -0.39 is 95.0 Å². The SMILES string of the molecule is CN[C@@H](C)C(=O)N[C@H](C(=O)N[C@@H](CCNC(=O)c1cc(N=O)cc(C(=O)N[C@H]2C[C@@H](C(=O)N[C@@H]3CCCc4ccccc43)N(C(=O)[C@@H](NC(=O)[C@H](C)NC)C(C)(C)C)C2)c1)C(=O)N[C@H](C)C(C)C)C(C)C. The molecule has 4 rings (SSSR count). The number of rotatable bonds is 22. The van der Waals surface area contributed by atoms with Crippen LogP contribution in [-0.2, 0) is 35.2 Å². The van der Waals surface area contributed by atoms with E-state index in [0.717, 1.165) is 24.0 Å². The minimum atomic E-state index is -1.12. The van der Waals surface area contributed by atoms with Gasteiger partial charge in [-0.25, -0.2) is 0 Å². The monoisotopic (exact) mass is 988 g/mol. The molecule has 1 fully saturated rings. The number of carbonyl (C=O) groups is 8. The highest BCUT2D eigenvalue weighted by atomic mass is 16.3. The Balaban J connectivity index is 1.55. The molecule has 0 aromatic heterocycles. The summed E-state index contributed by atoms with van der Waals surface area (Å²) in [6, 6.07) is 4.90. The van der Waals surface area contributed by atoms with Gasteiger partial charge in [-0.05, 0) is 119 Å². The zero-order valence-electron chi connectivity index (χ0n) is 43.4. The second-order valence-corrected chi connectivity index (χ2v) is 20.6. The number of carbonyl (C=O) groups excluding carboxylic acids is 8. The van der Waals surface area contributed by atoms with Gasteiger partial charge in [-0.3, -0.25) is 38.4 Å². The third kappa shape index (κ3) is 15.6. The van der Waals surface area contributed by atoms with Crippen molar-refractivity contribution in [3.8, 4) is 0 Å². The number of likely N-dealkylation sites (N-methyl/N-ethyl adjacent to an activating group) is 2. The molecule has 9 atom stereocenters. The van der Waals surface area contributed by atoms with Crippen molar-refractivity contribution >= 4 is 52.9 Å². The summed E-state index contributed by atoms with van der Waals surface area (Å²) >= 11 is 0. The average molecular weight is 988 g/mol. The zero-order valence-corrected chi connectivity index (χ0v) is 43.4. The Hall–Kier alpha value is -6.28. The lowest BCUT2D eigenvalue weighted by atomic mass is 9.85. The fourth-order valence-corrected chi connectivity index (χ4v) is 8.41. The lowest BCUT2D eigenvalue weighted by molar-refractivity contribution is -0.144. The van der Waals surface area contributed by atoms with Crippen LogP contribution in [0.2, 0.25) is 0 Å². The Bertz CT molecular complexity index is 2260. The Morgan fingerprint density at radius 3 is 1.94 bits per heavy atom. The van der Waals surface area contributed by atoms with Gasteiger partial charge in [-0.1, -0.05) is 72.7 Å². The molecule has 9 N–H and O–H groups in total. The standard InChI is InChI=1S/C51H77N11O9/c1-27(2)29(5)55-47(67)39(58-49(69)41(28(3)4)59-43(63)30(6)52-11)20-21-54-45(65)33-22-34(24-35(23-33)61-71)46(66)56-36-25-40(48(68)57-38-19-15-17-32-16-13-14-18-37(32)38)62(26-36)50(70)42(51(8,9)10)60-44(64)31(7)53-12/h13-14,16,18,22-24,27-31,36,38-42,52-53H,15,17,19-21,25-26H2,1-12H3,(H,54,65)(H,55,67)(H,56,66)(H,57,68)(H,58,69)(H,59,63)(H,60,64)/t29-,30+,31+,36+,38-,39+,40+,41+,42-/m1/s1. The molecule has 1 heterocycles. The lowest BCUT2D eigenvalue weighted by Gasteiger charge is -2.36. The minimum Gasteiger partial charge on any atom is -0.352 e. The highest BCUT2D eigenvalue weighted by Crippen LogP contribution is 2.32. The smallest absolute Gasteiger partial charge is 0.251 e. The molecule has 1 aliphatic heterocycles. The molecule has 0 saturated carbocycles. The molecule has 390 valence electrons. The van der Waals surface area contributed by atoms with Gasteiger partial charge >= 0.3 is 0 Å². The van der Waals surface area contributed by atoms with E-state index >= 15 is 0 Å². The first-order valence-electron chi connectivity index (χ1n) is 24.7. The zero-order chi connectivity index (χ0) is 52.9. The van der Waals surface area contributed by atoms with Crippen LogP contribution >= 0.6 is 0 Å². The summed E-state index contributed by atoms with van der Waals surface area (Å²) in [5.41, 5.74) is 0.936. The van der Waals surface area contributed by atoms with Gasteiger partial charge in [0.15, 0.2) is 0 Å². The molecule has 1 aliphatic carbocycles. The summed E-state index contributed by atoms with van der Waals surface area (Å²) in [5, 5.41) is 28.7. The van der Waals surface area contributed by atoms with Crippen LogP contribution in [0, 0.1) is 22.2 Å². The molecule has 0 unspecified atom stereocenters. The van der Waals surface area contributed by atoms with Gasteiger partial charge in [-0.15, -0.1) is 4.91 Å². The summed E-state index contributed by atoms with van der Waals surface area (Å²) in [6.07, 6.45) is 2.39. The predicted molar refractivity (Wildman–Crippen MR) is 270 cm³/mol. The molecular formula is C51H77N11O9. The molecule has 20 heteroatoms. The molecule has 8 amide bonds. The first-order valence-corrected chi connectivity index (χ1v) is 24.7. The van der Waals surface area contributed by atoms with Gasteiger partial charge in [0.1, 0.15) is 29.9 Å². The number of nitrogens with zero attached hydrogens (tertiary/aromatic N) is 2. The third-order valence-electron chi connectivity index (χ3n) is 13.5. The maximum Gasteiger partial charge on any atom is 0.251 e. The number of nitrogens with one attached hydrogen (secondary N) is 9. The number of hydrogen-bond acceptors (Lipinski definition) is 12. The highest BCUT2D eigenvalue weighted by Gasteiger charge is 2.46. The van der Waals surface area contributed by atoms with Gasteiger partial charge in [0.2, 0.25) is 35.4 Å². The van der Waals surface area contributed by atoms with Gasteiger partial charge in [0.05, 0.1) is 18.1 Å². The lowest BCUT2D eigenvalue weighted by Crippen LogP contribution is -2.59. The molecule has 0 radical (unpaired) electrons. The van der Waals surface area contributed by atoms with E-state index in [1.54, 1.807) is 41.8 Å². The summed E-state index contributed by atoms with van der Waals surface area (Å²) < 4.78 is 0. The Morgan fingerprint density at radius 2 is 1.35 bits per heavy atom. The van der Waals surface area contributed by atoms with E-state index in [4.69, 9.17) is 0 Å². The van der Waals surface area contributed by atoms with Gasteiger partial charge in [0, 0.05) is 36.3 Å². The van der Waals surface area contributed by atoms with E-state index in [0.29, 0.717) is 6.42 Å². The summed E-state index contributed by atoms with van der Waals surface area (Å²) in [5.74, 6) is -4.48. The fraction of sp³-hybridized carbons (Fsp3) is 0.608. The van der Waals surface area contributed by atoms with E-state index in [1.807, 2.05) is 65.8 Å². The minimum absolute atomic E-state index is 0.0228. The second kappa shape index (κ2) is 25.7. The van der Waals surface area contributed by atoms with E-state index in [9.17, 15) is 43.3 Å². The number of likely N-dealkylation sites (tertiary alicyclic amines) is 1. The van der Waals surface area contributed by atoms with Crippen LogP contribution in [0.5, 0.6) is 0 Å². The number of aryl methyl sites for hydroxylation is 1. The maximum atomic E-state index is 14.6.